The molecule has 18 heavy (non-hydrogen) atoms. The molecule has 0 aromatic carbocycles. The van der Waals surface area contributed by atoms with Crippen molar-refractivity contribution in [3.8, 4) is 0 Å². The first-order valence-corrected chi connectivity index (χ1v) is 7.14. The highest BCUT2D eigenvalue weighted by molar-refractivity contribution is 5.81. The molecule has 1 aliphatic heterocycles. The van der Waals surface area contributed by atoms with E-state index in [1.807, 2.05) is 4.90 Å². The quantitative estimate of drug-likeness (QED) is 0.825. The van der Waals surface area contributed by atoms with Crippen LogP contribution >= 0.6 is 0 Å². The summed E-state index contributed by atoms with van der Waals surface area (Å²) in [5.74, 6) is 1.21. The maximum Gasteiger partial charge on any atom is 0.225 e. The van der Waals surface area contributed by atoms with Gasteiger partial charge in [-0.05, 0) is 31.6 Å². The van der Waals surface area contributed by atoms with E-state index >= 15 is 0 Å². The van der Waals surface area contributed by atoms with E-state index in [2.05, 4.69) is 19.2 Å². The minimum Gasteiger partial charge on any atom is -0.353 e. The zero-order valence-electron chi connectivity index (χ0n) is 11.4. The van der Waals surface area contributed by atoms with Gasteiger partial charge in [0.1, 0.15) is 0 Å². The molecule has 4 heteroatoms. The average molecular weight is 252 g/mol. The van der Waals surface area contributed by atoms with Crippen molar-refractivity contribution in [3.63, 3.8) is 0 Å². The van der Waals surface area contributed by atoms with E-state index in [1.165, 1.54) is 0 Å². The second-order valence-corrected chi connectivity index (χ2v) is 6.04. The van der Waals surface area contributed by atoms with Gasteiger partial charge in [-0.15, -0.1) is 0 Å². The molecule has 0 atom stereocenters. The van der Waals surface area contributed by atoms with Crippen LogP contribution in [-0.2, 0) is 9.59 Å². The fourth-order valence-corrected chi connectivity index (χ4v) is 2.49. The Morgan fingerprint density at radius 1 is 1.17 bits per heavy atom. The third kappa shape index (κ3) is 3.72. The minimum absolute atomic E-state index is 0.150. The van der Waals surface area contributed by atoms with Crippen LogP contribution in [0, 0.1) is 11.8 Å². The van der Waals surface area contributed by atoms with Crippen molar-refractivity contribution in [2.75, 3.05) is 13.1 Å². The summed E-state index contributed by atoms with van der Waals surface area (Å²) in [5.41, 5.74) is 0. The lowest BCUT2D eigenvalue weighted by molar-refractivity contribution is -0.133. The maximum absolute atomic E-state index is 11.9. The van der Waals surface area contributed by atoms with Gasteiger partial charge < -0.3 is 10.2 Å². The van der Waals surface area contributed by atoms with Crippen molar-refractivity contribution >= 4 is 11.8 Å². The number of hydrogen-bond acceptors (Lipinski definition) is 2. The summed E-state index contributed by atoms with van der Waals surface area (Å²) in [5, 5.41) is 3.08. The van der Waals surface area contributed by atoms with Gasteiger partial charge in [0.15, 0.2) is 0 Å². The van der Waals surface area contributed by atoms with Gasteiger partial charge >= 0.3 is 0 Å². The van der Waals surface area contributed by atoms with E-state index in [0.717, 1.165) is 38.8 Å². The van der Waals surface area contributed by atoms with Crippen molar-refractivity contribution in [1.82, 2.24) is 10.2 Å². The Morgan fingerprint density at radius 2 is 1.78 bits per heavy atom. The molecule has 1 saturated carbocycles. The zero-order chi connectivity index (χ0) is 13.1. The van der Waals surface area contributed by atoms with Crippen molar-refractivity contribution in [2.24, 2.45) is 11.8 Å². The number of likely N-dealkylation sites (tertiary alicyclic amines) is 1. The molecule has 2 aliphatic rings. The summed E-state index contributed by atoms with van der Waals surface area (Å²) < 4.78 is 0. The Hall–Kier alpha value is -1.06. The molecule has 2 rings (SSSR count). The largest absolute Gasteiger partial charge is 0.353 e. The first-order chi connectivity index (χ1) is 8.56. The highest BCUT2D eigenvalue weighted by Gasteiger charge is 2.34. The van der Waals surface area contributed by atoms with Crippen LogP contribution in [-0.4, -0.2) is 35.8 Å². The van der Waals surface area contributed by atoms with E-state index in [0.29, 0.717) is 24.2 Å². The molecule has 0 aromatic rings. The maximum atomic E-state index is 11.9. The van der Waals surface area contributed by atoms with Crippen molar-refractivity contribution in [1.29, 1.82) is 0 Å². The number of amides is 2. The number of rotatable bonds is 4. The summed E-state index contributed by atoms with van der Waals surface area (Å²) in [4.78, 5) is 25.5. The third-order valence-electron chi connectivity index (χ3n) is 3.69. The molecule has 2 amide bonds. The molecular formula is C14H24N2O2. The molecule has 1 N–H and O–H groups in total. The predicted octanol–water partition coefficient (Wildman–Crippen LogP) is 1.55. The molecule has 102 valence electrons. The average Bonchev–Trinajstić information content (AvgIpc) is 3.11. The second kappa shape index (κ2) is 5.72. The number of carbonyl (C=O) groups excluding carboxylic acids is 2. The molecule has 0 spiro atoms. The Kier molecular flexibility index (Phi) is 4.25. The second-order valence-electron chi connectivity index (χ2n) is 6.04. The fourth-order valence-electron chi connectivity index (χ4n) is 2.49. The van der Waals surface area contributed by atoms with Gasteiger partial charge in [-0.2, -0.15) is 0 Å². The Balaban J connectivity index is 1.69. The molecule has 0 radical (unpaired) electrons. The molecule has 0 bridgehead atoms. The molecule has 0 aromatic heterocycles. The third-order valence-corrected chi connectivity index (χ3v) is 3.69. The van der Waals surface area contributed by atoms with Crippen LogP contribution in [0.25, 0.3) is 0 Å². The van der Waals surface area contributed by atoms with Gasteiger partial charge in [0, 0.05) is 31.5 Å². The van der Waals surface area contributed by atoms with Gasteiger partial charge in [0.05, 0.1) is 0 Å². The van der Waals surface area contributed by atoms with Crippen LogP contribution in [0.2, 0.25) is 0 Å². The lowest BCUT2D eigenvalue weighted by Crippen LogP contribution is -2.47. The van der Waals surface area contributed by atoms with Gasteiger partial charge in [-0.1, -0.05) is 13.8 Å². The van der Waals surface area contributed by atoms with Gasteiger partial charge in [0.2, 0.25) is 11.8 Å². The summed E-state index contributed by atoms with van der Waals surface area (Å²) in [7, 11) is 0. The van der Waals surface area contributed by atoms with Crippen LogP contribution < -0.4 is 5.32 Å². The first kappa shape index (κ1) is 13.4. The number of piperidine rings is 1. The predicted molar refractivity (Wildman–Crippen MR) is 69.9 cm³/mol. The Morgan fingerprint density at radius 3 is 2.28 bits per heavy atom. The van der Waals surface area contributed by atoms with Crippen molar-refractivity contribution in [3.05, 3.63) is 0 Å². The van der Waals surface area contributed by atoms with Crippen LogP contribution in [0.15, 0.2) is 0 Å². The topological polar surface area (TPSA) is 49.4 Å². The highest BCUT2D eigenvalue weighted by Crippen LogP contribution is 2.31. The molecule has 1 aliphatic carbocycles. The smallest absolute Gasteiger partial charge is 0.225 e. The summed E-state index contributed by atoms with van der Waals surface area (Å²) in [6, 6.07) is 0.263. The van der Waals surface area contributed by atoms with Crippen molar-refractivity contribution < 1.29 is 9.59 Å². The molecular weight excluding hydrogens is 228 g/mol. The van der Waals surface area contributed by atoms with E-state index in [4.69, 9.17) is 0 Å². The van der Waals surface area contributed by atoms with Gasteiger partial charge in [0.25, 0.3) is 0 Å². The SMILES string of the molecule is CC(C)CC(=O)NC1CCN(C(=O)C2CC2)CC1. The summed E-state index contributed by atoms with van der Waals surface area (Å²) in [6.45, 7) is 5.72. The number of nitrogens with one attached hydrogen (secondary N) is 1. The zero-order valence-corrected chi connectivity index (χ0v) is 11.4. The molecule has 0 unspecified atom stereocenters. The lowest BCUT2D eigenvalue weighted by Gasteiger charge is -2.32. The van der Waals surface area contributed by atoms with E-state index in [9.17, 15) is 9.59 Å². The van der Waals surface area contributed by atoms with Crippen LogP contribution in [0.1, 0.15) is 46.0 Å². The molecule has 2 fully saturated rings. The van der Waals surface area contributed by atoms with Gasteiger partial charge in [-0.3, -0.25) is 9.59 Å². The highest BCUT2D eigenvalue weighted by atomic mass is 16.2. The van der Waals surface area contributed by atoms with E-state index in [1.54, 1.807) is 0 Å². The van der Waals surface area contributed by atoms with Crippen molar-refractivity contribution in [2.45, 2.75) is 52.0 Å². The lowest BCUT2D eigenvalue weighted by atomic mass is 10.0. The molecule has 4 nitrogen and oxygen atoms in total. The summed E-state index contributed by atoms with van der Waals surface area (Å²) in [6.07, 6.45) is 4.56. The monoisotopic (exact) mass is 252 g/mol. The number of hydrogen-bond donors (Lipinski definition) is 1. The normalized spacial score (nSPS) is 21.2. The number of nitrogens with zero attached hydrogens (tertiary/aromatic N) is 1. The number of carbonyl (C=O) groups is 2. The van der Waals surface area contributed by atoms with Gasteiger partial charge in [-0.25, -0.2) is 0 Å². The Labute approximate surface area is 109 Å². The van der Waals surface area contributed by atoms with E-state index in [-0.39, 0.29) is 11.9 Å². The first-order valence-electron chi connectivity index (χ1n) is 7.14. The minimum atomic E-state index is 0.150. The van der Waals surface area contributed by atoms with E-state index < -0.39 is 0 Å². The van der Waals surface area contributed by atoms with Crippen LogP contribution in [0.5, 0.6) is 0 Å². The standard InChI is InChI=1S/C14H24N2O2/c1-10(2)9-13(17)15-12-5-7-16(8-6-12)14(18)11-3-4-11/h10-12H,3-9H2,1-2H3,(H,15,17). The summed E-state index contributed by atoms with van der Waals surface area (Å²) >= 11 is 0. The van der Waals surface area contributed by atoms with Crippen LogP contribution in [0.4, 0.5) is 0 Å². The molecule has 1 heterocycles. The Bertz CT molecular complexity index is 316. The molecule has 1 saturated heterocycles. The fraction of sp³-hybridized carbons (Fsp3) is 0.857. The van der Waals surface area contributed by atoms with Crippen LogP contribution in [0.3, 0.4) is 0 Å².